The molecule has 1 unspecified atom stereocenters. The first kappa shape index (κ1) is 8.49. The molecule has 1 atom stereocenters. The Morgan fingerprint density at radius 3 is 3.00 bits per heavy atom. The van der Waals surface area contributed by atoms with Crippen LogP contribution < -0.4 is 0 Å². The zero-order chi connectivity index (χ0) is 8.27. The van der Waals surface area contributed by atoms with E-state index in [9.17, 15) is 0 Å². The third-order valence-corrected chi connectivity index (χ3v) is 1.89. The fourth-order valence-corrected chi connectivity index (χ4v) is 1.31. The molecule has 0 fully saturated rings. The molecule has 0 saturated heterocycles. The fraction of sp³-hybridized carbons (Fsp3) is 0.571. The Bertz CT molecular complexity index is 265. The quantitative estimate of drug-likeness (QED) is 0.704. The normalized spacial score (nSPS) is 13.3. The van der Waals surface area contributed by atoms with Gasteiger partial charge in [0.1, 0.15) is 0 Å². The van der Waals surface area contributed by atoms with E-state index in [1.165, 1.54) is 0 Å². The summed E-state index contributed by atoms with van der Waals surface area (Å²) in [5, 5.41) is 0. The molecule has 4 heteroatoms. The van der Waals surface area contributed by atoms with E-state index in [1.54, 1.807) is 7.11 Å². The third kappa shape index (κ3) is 1.91. The highest BCUT2D eigenvalue weighted by Crippen LogP contribution is 2.05. The SMILES string of the molecule is COCC(C)n1cc[nH]c1=S. The molecule has 1 rings (SSSR count). The van der Waals surface area contributed by atoms with Crippen molar-refractivity contribution in [3.8, 4) is 0 Å². The highest BCUT2D eigenvalue weighted by Gasteiger charge is 2.02. The summed E-state index contributed by atoms with van der Waals surface area (Å²) in [5.41, 5.74) is 0. The average Bonchev–Trinajstić information content (AvgIpc) is 2.36. The first-order chi connectivity index (χ1) is 5.25. The van der Waals surface area contributed by atoms with Gasteiger partial charge in [0.25, 0.3) is 0 Å². The van der Waals surface area contributed by atoms with Crippen LogP contribution in [0.25, 0.3) is 0 Å². The van der Waals surface area contributed by atoms with Crippen molar-refractivity contribution in [1.29, 1.82) is 0 Å². The van der Waals surface area contributed by atoms with E-state index in [0.717, 1.165) is 4.77 Å². The highest BCUT2D eigenvalue weighted by molar-refractivity contribution is 7.71. The zero-order valence-electron chi connectivity index (χ0n) is 6.70. The van der Waals surface area contributed by atoms with E-state index in [1.807, 2.05) is 17.0 Å². The highest BCUT2D eigenvalue weighted by atomic mass is 32.1. The maximum atomic E-state index is 5.03. The monoisotopic (exact) mass is 172 g/mol. The third-order valence-electron chi connectivity index (χ3n) is 1.56. The molecule has 0 saturated carbocycles. The summed E-state index contributed by atoms with van der Waals surface area (Å²) >= 11 is 5.03. The minimum absolute atomic E-state index is 0.304. The Morgan fingerprint density at radius 2 is 2.55 bits per heavy atom. The number of ether oxygens (including phenoxy) is 1. The minimum atomic E-state index is 0.304. The van der Waals surface area contributed by atoms with Crippen LogP contribution in [0.1, 0.15) is 13.0 Å². The van der Waals surface area contributed by atoms with Crippen molar-refractivity contribution in [3.63, 3.8) is 0 Å². The van der Waals surface area contributed by atoms with Crippen molar-refractivity contribution in [2.24, 2.45) is 0 Å². The Labute approximate surface area is 71.0 Å². The minimum Gasteiger partial charge on any atom is -0.383 e. The van der Waals surface area contributed by atoms with E-state index in [0.29, 0.717) is 12.6 Å². The number of hydrogen-bond donors (Lipinski definition) is 1. The number of imidazole rings is 1. The molecule has 0 bridgehead atoms. The van der Waals surface area contributed by atoms with Crippen molar-refractivity contribution in [1.82, 2.24) is 9.55 Å². The maximum absolute atomic E-state index is 5.03. The van der Waals surface area contributed by atoms with E-state index < -0.39 is 0 Å². The second-order valence-corrected chi connectivity index (χ2v) is 2.86. The van der Waals surface area contributed by atoms with Gasteiger partial charge < -0.3 is 14.3 Å². The van der Waals surface area contributed by atoms with Gasteiger partial charge in [-0.05, 0) is 19.1 Å². The molecular formula is C7H12N2OS. The van der Waals surface area contributed by atoms with Crippen LogP contribution in [0.2, 0.25) is 0 Å². The van der Waals surface area contributed by atoms with Gasteiger partial charge in [0.05, 0.1) is 12.6 Å². The van der Waals surface area contributed by atoms with Gasteiger partial charge in [0, 0.05) is 19.5 Å². The number of hydrogen-bond acceptors (Lipinski definition) is 2. The Morgan fingerprint density at radius 1 is 1.82 bits per heavy atom. The Hall–Kier alpha value is -0.610. The molecule has 0 spiro atoms. The first-order valence-corrected chi connectivity index (χ1v) is 3.91. The second kappa shape index (κ2) is 3.69. The van der Waals surface area contributed by atoms with Crippen LogP contribution in [0, 0.1) is 4.77 Å². The van der Waals surface area contributed by atoms with Crippen molar-refractivity contribution < 1.29 is 4.74 Å². The molecule has 0 aliphatic carbocycles. The van der Waals surface area contributed by atoms with Gasteiger partial charge in [-0.25, -0.2) is 0 Å². The fourth-order valence-electron chi connectivity index (χ4n) is 1.000. The largest absolute Gasteiger partial charge is 0.383 e. The predicted molar refractivity (Wildman–Crippen MR) is 46.2 cm³/mol. The van der Waals surface area contributed by atoms with Crippen molar-refractivity contribution in [3.05, 3.63) is 17.2 Å². The van der Waals surface area contributed by atoms with Crippen LogP contribution in [-0.4, -0.2) is 23.3 Å². The lowest BCUT2D eigenvalue weighted by Gasteiger charge is -2.10. The smallest absolute Gasteiger partial charge is 0.177 e. The number of nitrogens with zero attached hydrogens (tertiary/aromatic N) is 1. The van der Waals surface area contributed by atoms with Gasteiger partial charge >= 0.3 is 0 Å². The average molecular weight is 172 g/mol. The number of H-pyrrole nitrogens is 1. The molecule has 1 aromatic rings. The van der Waals surface area contributed by atoms with Gasteiger partial charge in [0.15, 0.2) is 4.77 Å². The van der Waals surface area contributed by atoms with Gasteiger partial charge in [-0.2, -0.15) is 0 Å². The summed E-state index contributed by atoms with van der Waals surface area (Å²) in [5.74, 6) is 0. The van der Waals surface area contributed by atoms with Crippen LogP contribution in [0.15, 0.2) is 12.4 Å². The standard InChI is InChI=1S/C7H12N2OS/c1-6(5-10-2)9-4-3-8-7(9)11/h3-4,6H,5H2,1-2H3,(H,8,11). The van der Waals surface area contributed by atoms with Gasteiger partial charge in [-0.1, -0.05) is 0 Å². The number of nitrogens with one attached hydrogen (secondary N) is 1. The Kier molecular flexibility index (Phi) is 2.84. The molecule has 11 heavy (non-hydrogen) atoms. The van der Waals surface area contributed by atoms with E-state index >= 15 is 0 Å². The van der Waals surface area contributed by atoms with Gasteiger partial charge in [0.2, 0.25) is 0 Å². The number of methoxy groups -OCH3 is 1. The predicted octanol–water partition coefficient (Wildman–Crippen LogP) is 1.75. The van der Waals surface area contributed by atoms with Crippen molar-refractivity contribution >= 4 is 12.2 Å². The summed E-state index contributed by atoms with van der Waals surface area (Å²) < 4.78 is 7.72. The van der Waals surface area contributed by atoms with Gasteiger partial charge in [-0.15, -0.1) is 0 Å². The summed E-state index contributed by atoms with van der Waals surface area (Å²) in [6, 6.07) is 0.304. The molecule has 0 aromatic carbocycles. The molecule has 0 amide bonds. The summed E-state index contributed by atoms with van der Waals surface area (Å²) in [6.07, 6.45) is 3.75. The molecule has 1 N–H and O–H groups in total. The maximum Gasteiger partial charge on any atom is 0.177 e. The molecule has 3 nitrogen and oxygen atoms in total. The summed E-state index contributed by atoms with van der Waals surface area (Å²) in [4.78, 5) is 2.93. The van der Waals surface area contributed by atoms with E-state index in [4.69, 9.17) is 17.0 Å². The van der Waals surface area contributed by atoms with Crippen LogP contribution in [0.4, 0.5) is 0 Å². The molecule has 0 aliphatic rings. The molecule has 62 valence electrons. The van der Waals surface area contributed by atoms with Crippen LogP contribution >= 0.6 is 12.2 Å². The lowest BCUT2D eigenvalue weighted by molar-refractivity contribution is 0.161. The zero-order valence-corrected chi connectivity index (χ0v) is 7.52. The molecule has 0 aliphatic heterocycles. The van der Waals surface area contributed by atoms with Gasteiger partial charge in [-0.3, -0.25) is 0 Å². The number of aromatic nitrogens is 2. The molecule has 0 radical (unpaired) electrons. The Balaban J connectivity index is 2.75. The lowest BCUT2D eigenvalue weighted by Crippen LogP contribution is -2.09. The number of aromatic amines is 1. The van der Waals surface area contributed by atoms with Crippen LogP contribution in [0.5, 0.6) is 0 Å². The van der Waals surface area contributed by atoms with Crippen molar-refractivity contribution in [2.75, 3.05) is 13.7 Å². The van der Waals surface area contributed by atoms with Crippen LogP contribution in [-0.2, 0) is 4.74 Å². The molecule has 1 heterocycles. The van der Waals surface area contributed by atoms with E-state index in [2.05, 4.69) is 11.9 Å². The summed E-state index contributed by atoms with van der Waals surface area (Å²) in [6.45, 7) is 2.75. The first-order valence-electron chi connectivity index (χ1n) is 3.50. The molecule has 1 aromatic heterocycles. The van der Waals surface area contributed by atoms with Crippen molar-refractivity contribution in [2.45, 2.75) is 13.0 Å². The lowest BCUT2D eigenvalue weighted by atomic mass is 10.4. The van der Waals surface area contributed by atoms with Crippen LogP contribution in [0.3, 0.4) is 0 Å². The number of rotatable bonds is 3. The second-order valence-electron chi connectivity index (χ2n) is 2.48. The summed E-state index contributed by atoms with van der Waals surface area (Å²) in [7, 11) is 1.69. The molecular weight excluding hydrogens is 160 g/mol. The van der Waals surface area contributed by atoms with E-state index in [-0.39, 0.29) is 0 Å². The topological polar surface area (TPSA) is 29.9 Å².